The monoisotopic (exact) mass is 341 g/mol. The molecule has 0 saturated carbocycles. The van der Waals surface area contributed by atoms with Crippen LogP contribution < -0.4 is 9.64 Å². The zero-order valence-corrected chi connectivity index (χ0v) is 14.0. The fraction of sp³-hybridized carbons (Fsp3) is 0.412. The summed E-state index contributed by atoms with van der Waals surface area (Å²) in [5.74, 6) is 2.02. The van der Waals surface area contributed by atoms with Gasteiger partial charge in [-0.1, -0.05) is 12.1 Å². The van der Waals surface area contributed by atoms with Gasteiger partial charge in [0.05, 0.1) is 12.2 Å². The minimum atomic E-state index is -0.219. The van der Waals surface area contributed by atoms with Crippen LogP contribution in [0.1, 0.15) is 18.1 Å². The van der Waals surface area contributed by atoms with E-state index in [-0.39, 0.29) is 25.0 Å². The second kappa shape index (κ2) is 6.19. The van der Waals surface area contributed by atoms with E-state index in [1.807, 2.05) is 12.1 Å². The molecule has 0 saturated heterocycles. The van der Waals surface area contributed by atoms with Gasteiger partial charge in [-0.15, -0.1) is 10.2 Å². The van der Waals surface area contributed by atoms with Crippen LogP contribution in [0.2, 0.25) is 0 Å². The molecule has 0 N–H and O–H groups in total. The Kier molecular flexibility index (Phi) is 3.87. The molecule has 1 aromatic carbocycles. The Morgan fingerprint density at radius 2 is 2.16 bits per heavy atom. The number of likely N-dealkylation sites (N-methyl/N-ethyl adjacent to an activating group) is 1. The van der Waals surface area contributed by atoms with Gasteiger partial charge in [0.1, 0.15) is 18.1 Å². The average Bonchev–Trinajstić information content (AvgIpc) is 3.22. The van der Waals surface area contributed by atoms with Gasteiger partial charge in [-0.25, -0.2) is 0 Å². The molecule has 3 heterocycles. The van der Waals surface area contributed by atoms with Crippen LogP contribution in [-0.2, 0) is 29.1 Å². The first-order valence-corrected chi connectivity index (χ1v) is 8.30. The van der Waals surface area contributed by atoms with Gasteiger partial charge in [-0.2, -0.15) is 0 Å². The van der Waals surface area contributed by atoms with E-state index in [9.17, 15) is 9.59 Å². The fourth-order valence-corrected chi connectivity index (χ4v) is 3.21. The van der Waals surface area contributed by atoms with Gasteiger partial charge in [0.15, 0.2) is 12.4 Å². The average molecular weight is 341 g/mol. The molecular weight excluding hydrogens is 322 g/mol. The molecule has 8 heteroatoms. The number of anilines is 1. The molecule has 1 aromatic heterocycles. The summed E-state index contributed by atoms with van der Waals surface area (Å²) in [5, 5.41) is 8.34. The summed E-state index contributed by atoms with van der Waals surface area (Å²) in [4.78, 5) is 27.9. The van der Waals surface area contributed by atoms with Crippen LogP contribution in [0.4, 0.5) is 5.69 Å². The number of ether oxygens (including phenoxy) is 1. The van der Waals surface area contributed by atoms with Crippen molar-refractivity contribution in [3.05, 3.63) is 35.9 Å². The van der Waals surface area contributed by atoms with Gasteiger partial charge >= 0.3 is 0 Å². The molecule has 0 aliphatic carbocycles. The second-order valence-electron chi connectivity index (χ2n) is 6.27. The van der Waals surface area contributed by atoms with Gasteiger partial charge in [-0.05, 0) is 18.6 Å². The van der Waals surface area contributed by atoms with Crippen molar-refractivity contribution in [3.8, 4) is 5.75 Å². The van der Waals surface area contributed by atoms with Crippen molar-refractivity contribution in [2.24, 2.45) is 0 Å². The Labute approximate surface area is 145 Å². The van der Waals surface area contributed by atoms with E-state index in [1.54, 1.807) is 24.1 Å². The molecular formula is C17H19N5O3. The number of para-hydroxylation sites is 2. The van der Waals surface area contributed by atoms with Gasteiger partial charge in [0.25, 0.3) is 5.91 Å². The molecule has 2 amide bonds. The SMILES string of the molecule is CN(Cc1nnc2n1CCC2)C(=O)CN1C(=O)COc2ccccc21. The van der Waals surface area contributed by atoms with E-state index in [0.717, 1.165) is 31.0 Å². The Bertz CT molecular complexity index is 831. The lowest BCUT2D eigenvalue weighted by molar-refractivity contribution is -0.131. The predicted octanol–water partition coefficient (Wildman–Crippen LogP) is 0.608. The van der Waals surface area contributed by atoms with Crippen LogP contribution in [0.3, 0.4) is 0 Å². The third-order valence-corrected chi connectivity index (χ3v) is 4.59. The van der Waals surface area contributed by atoms with Crippen LogP contribution in [0.5, 0.6) is 5.75 Å². The number of nitrogens with zero attached hydrogens (tertiary/aromatic N) is 5. The normalized spacial score (nSPS) is 15.6. The molecule has 0 bridgehead atoms. The maximum atomic E-state index is 12.6. The molecule has 0 unspecified atom stereocenters. The summed E-state index contributed by atoms with van der Waals surface area (Å²) in [7, 11) is 1.72. The Balaban J connectivity index is 1.47. The van der Waals surface area contributed by atoms with E-state index in [2.05, 4.69) is 14.8 Å². The van der Waals surface area contributed by atoms with E-state index >= 15 is 0 Å². The maximum absolute atomic E-state index is 12.6. The van der Waals surface area contributed by atoms with E-state index in [4.69, 9.17) is 4.74 Å². The summed E-state index contributed by atoms with van der Waals surface area (Å²) in [6.45, 7) is 1.21. The highest BCUT2D eigenvalue weighted by Crippen LogP contribution is 2.31. The molecule has 2 aliphatic heterocycles. The van der Waals surface area contributed by atoms with Gasteiger partial charge in [0.2, 0.25) is 5.91 Å². The maximum Gasteiger partial charge on any atom is 0.265 e. The highest BCUT2D eigenvalue weighted by Gasteiger charge is 2.28. The molecule has 2 aromatic rings. The van der Waals surface area contributed by atoms with E-state index in [1.165, 1.54) is 4.90 Å². The summed E-state index contributed by atoms with van der Waals surface area (Å²) in [6, 6.07) is 7.24. The minimum Gasteiger partial charge on any atom is -0.482 e. The van der Waals surface area contributed by atoms with Crippen molar-refractivity contribution < 1.29 is 14.3 Å². The lowest BCUT2D eigenvalue weighted by atomic mass is 10.2. The lowest BCUT2D eigenvalue weighted by Gasteiger charge is -2.30. The Hall–Kier alpha value is -2.90. The molecule has 2 aliphatic rings. The largest absolute Gasteiger partial charge is 0.482 e. The molecule has 4 rings (SSSR count). The highest BCUT2D eigenvalue weighted by atomic mass is 16.5. The first-order valence-electron chi connectivity index (χ1n) is 8.30. The summed E-state index contributed by atoms with van der Waals surface area (Å²) >= 11 is 0. The fourth-order valence-electron chi connectivity index (χ4n) is 3.21. The van der Waals surface area contributed by atoms with E-state index in [0.29, 0.717) is 18.0 Å². The molecule has 0 radical (unpaired) electrons. The number of hydrogen-bond acceptors (Lipinski definition) is 5. The van der Waals surface area contributed by atoms with Gasteiger partial charge in [-0.3, -0.25) is 14.5 Å². The van der Waals surface area contributed by atoms with Gasteiger partial charge < -0.3 is 14.2 Å². The predicted molar refractivity (Wildman–Crippen MR) is 89.1 cm³/mol. The highest BCUT2D eigenvalue weighted by molar-refractivity contribution is 6.02. The number of aromatic nitrogens is 3. The number of benzene rings is 1. The molecule has 0 spiro atoms. The molecule has 8 nitrogen and oxygen atoms in total. The third-order valence-electron chi connectivity index (χ3n) is 4.59. The first kappa shape index (κ1) is 15.6. The van der Waals surface area contributed by atoms with E-state index < -0.39 is 0 Å². The van der Waals surface area contributed by atoms with Crippen LogP contribution >= 0.6 is 0 Å². The molecule has 0 atom stereocenters. The minimum absolute atomic E-state index is 0.0172. The lowest BCUT2D eigenvalue weighted by Crippen LogP contribution is -2.45. The van der Waals surface area contributed by atoms with Crippen LogP contribution in [0.25, 0.3) is 0 Å². The summed E-state index contributed by atoms with van der Waals surface area (Å²) < 4.78 is 7.47. The standard InChI is InChI=1S/C17H19N5O3/c1-20(9-15-19-18-14-7-4-8-21(14)15)16(23)10-22-12-5-2-3-6-13(12)25-11-17(22)24/h2-3,5-6H,4,7-11H2,1H3. The summed E-state index contributed by atoms with van der Waals surface area (Å²) in [5.41, 5.74) is 0.629. The number of hydrogen-bond donors (Lipinski definition) is 0. The Morgan fingerprint density at radius 3 is 3.04 bits per heavy atom. The quantitative estimate of drug-likeness (QED) is 0.814. The van der Waals surface area contributed by atoms with Crippen LogP contribution in [0, 0.1) is 0 Å². The van der Waals surface area contributed by atoms with Crippen molar-refractivity contribution in [2.75, 3.05) is 25.1 Å². The van der Waals surface area contributed by atoms with Crippen molar-refractivity contribution in [1.29, 1.82) is 0 Å². The first-order chi connectivity index (χ1) is 12.1. The third kappa shape index (κ3) is 2.84. The van der Waals surface area contributed by atoms with Crippen molar-refractivity contribution in [2.45, 2.75) is 25.9 Å². The van der Waals surface area contributed by atoms with Crippen molar-refractivity contribution in [1.82, 2.24) is 19.7 Å². The topological polar surface area (TPSA) is 80.6 Å². The number of amides is 2. The number of fused-ring (bicyclic) bond motifs is 2. The Morgan fingerprint density at radius 1 is 1.32 bits per heavy atom. The molecule has 130 valence electrons. The number of aryl methyl sites for hydroxylation is 1. The number of rotatable bonds is 4. The molecule has 25 heavy (non-hydrogen) atoms. The number of carbonyl (C=O) groups is 2. The smallest absolute Gasteiger partial charge is 0.265 e. The molecule has 0 fully saturated rings. The van der Waals surface area contributed by atoms with Crippen LogP contribution in [-0.4, -0.2) is 51.7 Å². The second-order valence-corrected chi connectivity index (χ2v) is 6.27. The van der Waals surface area contributed by atoms with Crippen LogP contribution in [0.15, 0.2) is 24.3 Å². The zero-order valence-electron chi connectivity index (χ0n) is 14.0. The van der Waals surface area contributed by atoms with Gasteiger partial charge in [0, 0.05) is 20.0 Å². The summed E-state index contributed by atoms with van der Waals surface area (Å²) in [6.07, 6.45) is 2.00. The van der Waals surface area contributed by atoms with Crippen molar-refractivity contribution in [3.63, 3.8) is 0 Å². The van der Waals surface area contributed by atoms with Crippen molar-refractivity contribution >= 4 is 17.5 Å². The number of carbonyl (C=O) groups excluding carboxylic acids is 2. The zero-order chi connectivity index (χ0) is 17.4.